The Hall–Kier alpha value is -3.67. The molecule has 0 bridgehead atoms. The third-order valence-corrected chi connectivity index (χ3v) is 3.82. The highest BCUT2D eigenvalue weighted by Gasteiger charge is 2.06. The molecule has 0 saturated carbocycles. The Balaban J connectivity index is 1.59. The summed E-state index contributed by atoms with van der Waals surface area (Å²) in [4.78, 5) is 27.3. The number of aromatic nitrogens is 1. The van der Waals surface area contributed by atoms with Gasteiger partial charge in [-0.3, -0.25) is 14.6 Å². The summed E-state index contributed by atoms with van der Waals surface area (Å²) in [6, 6.07) is 18.5. The number of rotatable bonds is 7. The molecule has 1 heterocycles. The van der Waals surface area contributed by atoms with Crippen molar-refractivity contribution in [2.24, 2.45) is 5.73 Å². The molecule has 0 unspecified atom stereocenters. The van der Waals surface area contributed by atoms with Crippen molar-refractivity contribution in [2.75, 3.05) is 5.32 Å². The first-order chi connectivity index (χ1) is 13.1. The lowest BCUT2D eigenvalue weighted by molar-refractivity contribution is -0.115. The van der Waals surface area contributed by atoms with Crippen LogP contribution in [0.4, 0.5) is 5.69 Å². The van der Waals surface area contributed by atoms with E-state index in [-0.39, 0.29) is 18.1 Å². The summed E-state index contributed by atoms with van der Waals surface area (Å²) >= 11 is 0. The lowest BCUT2D eigenvalue weighted by Gasteiger charge is -2.09. The van der Waals surface area contributed by atoms with E-state index in [1.807, 2.05) is 54.6 Å². The Morgan fingerprint density at radius 2 is 1.74 bits per heavy atom. The first kappa shape index (κ1) is 18.1. The van der Waals surface area contributed by atoms with Gasteiger partial charge in [-0.2, -0.15) is 0 Å². The van der Waals surface area contributed by atoms with E-state index >= 15 is 0 Å². The molecule has 0 aliphatic carbocycles. The quantitative estimate of drug-likeness (QED) is 0.676. The Labute approximate surface area is 157 Å². The third-order valence-electron chi connectivity index (χ3n) is 3.82. The Bertz CT molecular complexity index is 942. The molecule has 3 rings (SSSR count). The maximum atomic E-state index is 12.2. The van der Waals surface area contributed by atoms with E-state index in [0.717, 1.165) is 11.1 Å². The van der Waals surface area contributed by atoms with Gasteiger partial charge in [0.05, 0.1) is 18.2 Å². The predicted octanol–water partition coefficient (Wildman–Crippen LogP) is 2.94. The average Bonchev–Trinajstić information content (AvgIpc) is 2.67. The number of benzene rings is 2. The maximum absolute atomic E-state index is 12.2. The number of nitrogens with zero attached hydrogens (tertiary/aromatic N) is 1. The van der Waals surface area contributed by atoms with Crippen molar-refractivity contribution in [3.8, 4) is 5.75 Å². The fourth-order valence-electron chi connectivity index (χ4n) is 2.52. The maximum Gasteiger partial charge on any atom is 0.250 e. The van der Waals surface area contributed by atoms with Gasteiger partial charge >= 0.3 is 0 Å². The zero-order valence-electron chi connectivity index (χ0n) is 14.6. The summed E-state index contributed by atoms with van der Waals surface area (Å²) in [7, 11) is 0. The average molecular weight is 361 g/mol. The number of amides is 2. The highest BCUT2D eigenvalue weighted by atomic mass is 16.5. The molecule has 0 saturated heterocycles. The van der Waals surface area contributed by atoms with Gasteiger partial charge in [0.25, 0.3) is 0 Å². The molecule has 0 spiro atoms. The molecule has 0 radical (unpaired) electrons. The standard InChI is InChI=1S/C21H19N3O3/c22-21(26)17-11-19(13-23-12-17)27-14-16-7-4-8-18(9-16)24-20(25)10-15-5-2-1-3-6-15/h1-9,11-13H,10,14H2,(H2,22,26)(H,24,25). The molecule has 1 aromatic heterocycles. The van der Waals surface area contributed by atoms with Crippen LogP contribution in [-0.2, 0) is 17.8 Å². The number of ether oxygens (including phenoxy) is 1. The van der Waals surface area contributed by atoms with Crippen LogP contribution in [0.1, 0.15) is 21.5 Å². The first-order valence-corrected chi connectivity index (χ1v) is 8.40. The van der Waals surface area contributed by atoms with Crippen molar-refractivity contribution >= 4 is 17.5 Å². The summed E-state index contributed by atoms with van der Waals surface area (Å²) in [6.07, 6.45) is 3.21. The Kier molecular flexibility index (Phi) is 5.79. The van der Waals surface area contributed by atoms with Crippen molar-refractivity contribution in [3.63, 3.8) is 0 Å². The summed E-state index contributed by atoms with van der Waals surface area (Å²) in [5, 5.41) is 2.89. The van der Waals surface area contributed by atoms with Gasteiger partial charge in [0.1, 0.15) is 12.4 Å². The third kappa shape index (κ3) is 5.40. The zero-order valence-corrected chi connectivity index (χ0v) is 14.6. The second-order valence-corrected chi connectivity index (χ2v) is 5.97. The van der Waals surface area contributed by atoms with Crippen LogP contribution >= 0.6 is 0 Å². The van der Waals surface area contributed by atoms with Crippen molar-refractivity contribution in [1.82, 2.24) is 4.98 Å². The molecule has 2 amide bonds. The van der Waals surface area contributed by atoms with Gasteiger partial charge < -0.3 is 15.8 Å². The molecule has 2 aromatic carbocycles. The number of primary amides is 1. The van der Waals surface area contributed by atoms with E-state index in [1.54, 1.807) is 6.07 Å². The molecule has 0 aliphatic heterocycles. The fraction of sp³-hybridized carbons (Fsp3) is 0.0952. The highest BCUT2D eigenvalue weighted by Crippen LogP contribution is 2.16. The monoisotopic (exact) mass is 361 g/mol. The van der Waals surface area contributed by atoms with Crippen LogP contribution in [0.25, 0.3) is 0 Å². The molecule has 0 fully saturated rings. The lowest BCUT2D eigenvalue weighted by Crippen LogP contribution is -2.14. The lowest BCUT2D eigenvalue weighted by atomic mass is 10.1. The molecule has 6 nitrogen and oxygen atoms in total. The van der Waals surface area contributed by atoms with Gasteiger partial charge in [-0.05, 0) is 29.3 Å². The topological polar surface area (TPSA) is 94.3 Å². The molecule has 0 aliphatic rings. The summed E-state index contributed by atoms with van der Waals surface area (Å²) in [6.45, 7) is 0.270. The predicted molar refractivity (Wildman–Crippen MR) is 102 cm³/mol. The molecule has 6 heteroatoms. The summed E-state index contributed by atoms with van der Waals surface area (Å²) < 4.78 is 5.66. The molecule has 0 atom stereocenters. The van der Waals surface area contributed by atoms with Gasteiger partial charge in [-0.25, -0.2) is 0 Å². The molecular formula is C21H19N3O3. The van der Waals surface area contributed by atoms with Gasteiger partial charge in [0.15, 0.2) is 0 Å². The minimum absolute atomic E-state index is 0.0855. The number of carbonyl (C=O) groups excluding carboxylic acids is 2. The largest absolute Gasteiger partial charge is 0.487 e. The van der Waals surface area contributed by atoms with Crippen LogP contribution in [0.15, 0.2) is 73.1 Å². The number of anilines is 1. The number of nitrogens with two attached hydrogens (primary N) is 1. The second kappa shape index (κ2) is 8.62. The summed E-state index contributed by atoms with van der Waals surface area (Å²) in [5.74, 6) is -0.196. The van der Waals surface area contributed by atoms with Gasteiger partial charge in [0, 0.05) is 11.9 Å². The van der Waals surface area contributed by atoms with Crippen molar-refractivity contribution in [1.29, 1.82) is 0 Å². The molecule has 3 aromatic rings. The first-order valence-electron chi connectivity index (χ1n) is 8.40. The van der Waals surface area contributed by atoms with E-state index in [0.29, 0.717) is 17.9 Å². The minimum Gasteiger partial charge on any atom is -0.487 e. The zero-order chi connectivity index (χ0) is 19.1. The highest BCUT2D eigenvalue weighted by molar-refractivity contribution is 5.93. The summed E-state index contributed by atoms with van der Waals surface area (Å²) in [5.41, 5.74) is 8.05. The second-order valence-electron chi connectivity index (χ2n) is 5.97. The van der Waals surface area contributed by atoms with E-state index in [2.05, 4.69) is 10.3 Å². The number of hydrogen-bond donors (Lipinski definition) is 2. The van der Waals surface area contributed by atoms with Crippen LogP contribution in [0.5, 0.6) is 5.75 Å². The SMILES string of the molecule is NC(=O)c1cncc(OCc2cccc(NC(=O)Cc3ccccc3)c2)c1. The Morgan fingerprint density at radius 3 is 2.52 bits per heavy atom. The van der Waals surface area contributed by atoms with Crippen molar-refractivity contribution < 1.29 is 14.3 Å². The molecule has 3 N–H and O–H groups in total. The van der Waals surface area contributed by atoms with E-state index in [1.165, 1.54) is 12.4 Å². The Morgan fingerprint density at radius 1 is 0.963 bits per heavy atom. The van der Waals surface area contributed by atoms with E-state index in [9.17, 15) is 9.59 Å². The number of pyridine rings is 1. The fourth-order valence-corrected chi connectivity index (χ4v) is 2.52. The smallest absolute Gasteiger partial charge is 0.250 e. The normalized spacial score (nSPS) is 10.2. The van der Waals surface area contributed by atoms with Gasteiger partial charge in [-0.15, -0.1) is 0 Å². The van der Waals surface area contributed by atoms with Crippen LogP contribution in [0.3, 0.4) is 0 Å². The van der Waals surface area contributed by atoms with Crippen molar-refractivity contribution in [3.05, 3.63) is 89.7 Å². The van der Waals surface area contributed by atoms with Crippen LogP contribution in [0.2, 0.25) is 0 Å². The molecular weight excluding hydrogens is 342 g/mol. The number of hydrogen-bond acceptors (Lipinski definition) is 4. The molecule has 136 valence electrons. The van der Waals surface area contributed by atoms with Crippen LogP contribution in [-0.4, -0.2) is 16.8 Å². The van der Waals surface area contributed by atoms with Crippen molar-refractivity contribution in [2.45, 2.75) is 13.0 Å². The number of carbonyl (C=O) groups is 2. The van der Waals surface area contributed by atoms with E-state index in [4.69, 9.17) is 10.5 Å². The number of nitrogens with one attached hydrogen (secondary N) is 1. The van der Waals surface area contributed by atoms with Gasteiger partial charge in [0.2, 0.25) is 11.8 Å². The minimum atomic E-state index is -0.559. The molecule has 27 heavy (non-hydrogen) atoms. The van der Waals surface area contributed by atoms with E-state index < -0.39 is 5.91 Å². The van der Waals surface area contributed by atoms with Crippen LogP contribution in [0, 0.1) is 0 Å². The van der Waals surface area contributed by atoms with Crippen LogP contribution < -0.4 is 15.8 Å². The van der Waals surface area contributed by atoms with Gasteiger partial charge in [-0.1, -0.05) is 42.5 Å².